The molecule has 1 aromatic carbocycles. The maximum Gasteiger partial charge on any atom is 0.0646 e. The Bertz CT molecular complexity index is 478. The van der Waals surface area contributed by atoms with Crippen molar-refractivity contribution in [3.63, 3.8) is 0 Å². The largest absolute Gasteiger partial charge is 0.320 e. The average Bonchev–Trinajstić information content (AvgIpc) is 2.76. The summed E-state index contributed by atoms with van der Waals surface area (Å²) in [4.78, 5) is 2.62. The van der Waals surface area contributed by atoms with E-state index in [0.717, 1.165) is 16.5 Å². The lowest BCUT2D eigenvalue weighted by molar-refractivity contribution is 0.892. The molecule has 84 valence electrons. The van der Waals surface area contributed by atoms with Gasteiger partial charge in [0.1, 0.15) is 0 Å². The first kappa shape index (κ1) is 11.8. The first-order valence-electron chi connectivity index (χ1n) is 5.30. The van der Waals surface area contributed by atoms with Gasteiger partial charge in [-0.05, 0) is 36.2 Å². The minimum Gasteiger partial charge on any atom is -0.320 e. The van der Waals surface area contributed by atoms with Gasteiger partial charge in [-0.2, -0.15) is 0 Å². The third kappa shape index (κ3) is 2.54. The zero-order valence-electron chi connectivity index (χ0n) is 9.11. The van der Waals surface area contributed by atoms with E-state index < -0.39 is 0 Å². The molecule has 1 nitrogen and oxygen atoms in total. The van der Waals surface area contributed by atoms with E-state index in [1.807, 2.05) is 12.1 Å². The van der Waals surface area contributed by atoms with E-state index in [1.165, 1.54) is 9.75 Å². The van der Waals surface area contributed by atoms with Gasteiger partial charge in [-0.15, -0.1) is 11.3 Å². The van der Waals surface area contributed by atoms with Crippen LogP contribution in [0.15, 0.2) is 40.9 Å². The molecule has 0 amide bonds. The lowest BCUT2D eigenvalue weighted by atomic mass is 10.1. The molecule has 0 aliphatic rings. The molecule has 0 spiro atoms. The summed E-state index contributed by atoms with van der Waals surface area (Å²) in [6, 6.07) is 12.5. The molecule has 0 radical (unpaired) electrons. The van der Waals surface area contributed by atoms with Crippen molar-refractivity contribution in [1.82, 2.24) is 0 Å². The molecular formula is C13H14BrNS. The van der Waals surface area contributed by atoms with Crippen LogP contribution >= 0.6 is 27.3 Å². The van der Waals surface area contributed by atoms with E-state index in [4.69, 9.17) is 5.73 Å². The van der Waals surface area contributed by atoms with Crippen LogP contribution in [0.1, 0.15) is 28.3 Å². The molecule has 3 heteroatoms. The second-order valence-electron chi connectivity index (χ2n) is 3.69. The smallest absolute Gasteiger partial charge is 0.0646 e. The molecule has 1 unspecified atom stereocenters. The normalized spacial score (nSPS) is 12.7. The molecule has 0 bridgehead atoms. The fraction of sp³-hybridized carbons (Fsp3) is 0.231. The Hall–Kier alpha value is -0.640. The summed E-state index contributed by atoms with van der Waals surface area (Å²) < 4.78 is 1.08. The van der Waals surface area contributed by atoms with Crippen LogP contribution in [0.25, 0.3) is 0 Å². The number of nitrogens with two attached hydrogens (primary N) is 1. The van der Waals surface area contributed by atoms with Crippen molar-refractivity contribution in [2.45, 2.75) is 19.4 Å². The second kappa shape index (κ2) is 5.13. The highest BCUT2D eigenvalue weighted by Crippen LogP contribution is 2.28. The zero-order chi connectivity index (χ0) is 11.5. The molecule has 1 heterocycles. The summed E-state index contributed by atoms with van der Waals surface area (Å²) in [5, 5.41) is 0. The Balaban J connectivity index is 2.27. The van der Waals surface area contributed by atoms with Crippen molar-refractivity contribution in [3.8, 4) is 0 Å². The maximum absolute atomic E-state index is 6.24. The van der Waals surface area contributed by atoms with Crippen LogP contribution in [0.4, 0.5) is 0 Å². The molecule has 0 fully saturated rings. The highest BCUT2D eigenvalue weighted by molar-refractivity contribution is 9.10. The maximum atomic E-state index is 6.24. The standard InChI is InChI=1S/C13H14BrNS/c1-2-11-6-7-12(16-11)13(15)9-4-3-5-10(14)8-9/h3-8,13H,2,15H2,1H3. The molecule has 2 N–H and O–H groups in total. The van der Waals surface area contributed by atoms with E-state index in [2.05, 4.69) is 47.1 Å². The van der Waals surface area contributed by atoms with Crippen LogP contribution in [0, 0.1) is 0 Å². The number of aryl methyl sites for hydroxylation is 1. The van der Waals surface area contributed by atoms with Crippen LogP contribution in [-0.4, -0.2) is 0 Å². The lowest BCUT2D eigenvalue weighted by Crippen LogP contribution is -2.09. The summed E-state index contributed by atoms with van der Waals surface area (Å²) in [5.74, 6) is 0. The van der Waals surface area contributed by atoms with Crippen LogP contribution in [-0.2, 0) is 6.42 Å². The van der Waals surface area contributed by atoms with Gasteiger partial charge in [0, 0.05) is 14.2 Å². The molecule has 2 aromatic rings. The van der Waals surface area contributed by atoms with Gasteiger partial charge in [0.05, 0.1) is 6.04 Å². The monoisotopic (exact) mass is 295 g/mol. The van der Waals surface area contributed by atoms with Crippen molar-refractivity contribution in [3.05, 3.63) is 56.2 Å². The quantitative estimate of drug-likeness (QED) is 0.906. The number of hydrogen-bond acceptors (Lipinski definition) is 2. The third-order valence-electron chi connectivity index (χ3n) is 2.55. The predicted octanol–water partition coefficient (Wildman–Crippen LogP) is 4.12. The minimum atomic E-state index is -0.0113. The SMILES string of the molecule is CCc1ccc(C(N)c2cccc(Br)c2)s1. The van der Waals surface area contributed by atoms with Crippen molar-refractivity contribution in [2.24, 2.45) is 5.73 Å². The van der Waals surface area contributed by atoms with Crippen LogP contribution in [0.2, 0.25) is 0 Å². The molecule has 16 heavy (non-hydrogen) atoms. The van der Waals surface area contributed by atoms with Crippen LogP contribution in [0.5, 0.6) is 0 Å². The van der Waals surface area contributed by atoms with Gasteiger partial charge in [-0.1, -0.05) is 35.0 Å². The molecule has 0 aliphatic carbocycles. The molecule has 2 rings (SSSR count). The Labute approximate surface area is 108 Å². The summed E-state index contributed by atoms with van der Waals surface area (Å²) in [6.07, 6.45) is 1.08. The number of halogens is 1. The van der Waals surface area contributed by atoms with Gasteiger partial charge in [0.2, 0.25) is 0 Å². The van der Waals surface area contributed by atoms with E-state index in [1.54, 1.807) is 11.3 Å². The fourth-order valence-electron chi connectivity index (χ4n) is 1.62. The first-order chi connectivity index (χ1) is 7.70. The molecule has 1 atom stereocenters. The minimum absolute atomic E-state index is 0.0113. The number of thiophene rings is 1. The number of rotatable bonds is 3. The Morgan fingerprint density at radius 2 is 2.12 bits per heavy atom. The fourth-order valence-corrected chi connectivity index (χ4v) is 3.02. The molecule has 0 saturated heterocycles. The highest BCUT2D eigenvalue weighted by Gasteiger charge is 2.11. The summed E-state index contributed by atoms with van der Waals surface area (Å²) in [5.41, 5.74) is 7.39. The van der Waals surface area contributed by atoms with E-state index in [-0.39, 0.29) is 6.04 Å². The third-order valence-corrected chi connectivity index (χ3v) is 4.35. The van der Waals surface area contributed by atoms with Gasteiger partial charge in [0.25, 0.3) is 0 Å². The molecule has 1 aromatic heterocycles. The van der Waals surface area contributed by atoms with E-state index >= 15 is 0 Å². The predicted molar refractivity (Wildman–Crippen MR) is 73.9 cm³/mol. The summed E-state index contributed by atoms with van der Waals surface area (Å²) >= 11 is 5.27. The van der Waals surface area contributed by atoms with Crippen molar-refractivity contribution < 1.29 is 0 Å². The topological polar surface area (TPSA) is 26.0 Å². The van der Waals surface area contributed by atoms with Gasteiger partial charge in [-0.25, -0.2) is 0 Å². The summed E-state index contributed by atoms with van der Waals surface area (Å²) in [7, 11) is 0. The average molecular weight is 296 g/mol. The van der Waals surface area contributed by atoms with Crippen LogP contribution < -0.4 is 5.73 Å². The molecular weight excluding hydrogens is 282 g/mol. The lowest BCUT2D eigenvalue weighted by Gasteiger charge is -2.10. The Kier molecular flexibility index (Phi) is 3.79. The zero-order valence-corrected chi connectivity index (χ0v) is 11.5. The van der Waals surface area contributed by atoms with E-state index in [0.29, 0.717) is 0 Å². The van der Waals surface area contributed by atoms with Gasteiger partial charge in [0.15, 0.2) is 0 Å². The molecule has 0 aliphatic heterocycles. The van der Waals surface area contributed by atoms with E-state index in [9.17, 15) is 0 Å². The number of hydrogen-bond donors (Lipinski definition) is 1. The van der Waals surface area contributed by atoms with Crippen molar-refractivity contribution >= 4 is 27.3 Å². The van der Waals surface area contributed by atoms with Gasteiger partial charge >= 0.3 is 0 Å². The Morgan fingerprint density at radius 1 is 1.31 bits per heavy atom. The van der Waals surface area contributed by atoms with Gasteiger partial charge in [-0.3, -0.25) is 0 Å². The number of benzene rings is 1. The second-order valence-corrected chi connectivity index (χ2v) is 5.81. The van der Waals surface area contributed by atoms with Crippen molar-refractivity contribution in [2.75, 3.05) is 0 Å². The van der Waals surface area contributed by atoms with Crippen LogP contribution in [0.3, 0.4) is 0 Å². The first-order valence-corrected chi connectivity index (χ1v) is 6.91. The van der Waals surface area contributed by atoms with Crippen molar-refractivity contribution in [1.29, 1.82) is 0 Å². The Morgan fingerprint density at radius 3 is 2.75 bits per heavy atom. The van der Waals surface area contributed by atoms with Gasteiger partial charge < -0.3 is 5.73 Å². The summed E-state index contributed by atoms with van der Waals surface area (Å²) in [6.45, 7) is 2.17. The molecule has 0 saturated carbocycles. The highest BCUT2D eigenvalue weighted by atomic mass is 79.9.